The first-order valence-electron chi connectivity index (χ1n) is 5.24. The zero-order valence-electron chi connectivity index (χ0n) is 9.78. The second kappa shape index (κ2) is 4.03. The maximum atomic E-state index is 5.96. The molecule has 0 aliphatic carbocycles. The topological polar surface area (TPSA) is 52.0 Å². The van der Waals surface area contributed by atoms with Crippen molar-refractivity contribution in [3.8, 4) is 10.8 Å². The van der Waals surface area contributed by atoms with Gasteiger partial charge in [-0.1, -0.05) is 0 Å². The quantitative estimate of drug-likeness (QED) is 0.891. The van der Waals surface area contributed by atoms with Gasteiger partial charge >= 0.3 is 0 Å². The van der Waals surface area contributed by atoms with Gasteiger partial charge in [-0.2, -0.15) is 0 Å². The van der Waals surface area contributed by atoms with Crippen LogP contribution in [-0.4, -0.2) is 10.5 Å². The predicted molar refractivity (Wildman–Crippen MR) is 66.5 cm³/mol. The summed E-state index contributed by atoms with van der Waals surface area (Å²) >= 11 is 1.60. The van der Waals surface area contributed by atoms with Crippen molar-refractivity contribution in [1.82, 2.24) is 4.98 Å². The molecule has 16 heavy (non-hydrogen) atoms. The Bertz CT molecular complexity index is 479. The van der Waals surface area contributed by atoms with Crippen LogP contribution < -0.4 is 5.73 Å². The molecule has 0 spiro atoms. The third-order valence-corrected chi connectivity index (χ3v) is 3.05. The number of aromatic nitrogens is 1. The van der Waals surface area contributed by atoms with Crippen molar-refractivity contribution in [3.63, 3.8) is 0 Å². The lowest BCUT2D eigenvalue weighted by Crippen LogP contribution is -2.34. The maximum Gasteiger partial charge on any atom is 0.162 e. The number of thiazole rings is 1. The van der Waals surface area contributed by atoms with Gasteiger partial charge in [-0.3, -0.25) is 0 Å². The van der Waals surface area contributed by atoms with Crippen LogP contribution in [0.5, 0.6) is 0 Å². The molecule has 0 radical (unpaired) electrons. The van der Waals surface area contributed by atoms with E-state index in [1.807, 2.05) is 38.3 Å². The van der Waals surface area contributed by atoms with E-state index in [0.717, 1.165) is 28.6 Å². The van der Waals surface area contributed by atoms with Gasteiger partial charge in [-0.05, 0) is 32.9 Å². The summed E-state index contributed by atoms with van der Waals surface area (Å²) < 4.78 is 5.53. The first-order valence-corrected chi connectivity index (χ1v) is 6.12. The van der Waals surface area contributed by atoms with Crippen molar-refractivity contribution < 1.29 is 4.42 Å². The maximum absolute atomic E-state index is 5.96. The molecule has 0 atom stereocenters. The van der Waals surface area contributed by atoms with Gasteiger partial charge in [0.15, 0.2) is 10.8 Å². The Morgan fingerprint density at radius 1 is 1.44 bits per heavy atom. The van der Waals surface area contributed by atoms with E-state index in [4.69, 9.17) is 10.2 Å². The fourth-order valence-corrected chi connectivity index (χ4v) is 2.30. The number of hydrogen-bond donors (Lipinski definition) is 1. The highest BCUT2D eigenvalue weighted by molar-refractivity contribution is 7.13. The minimum Gasteiger partial charge on any atom is -0.459 e. The van der Waals surface area contributed by atoms with Crippen molar-refractivity contribution in [2.45, 2.75) is 32.7 Å². The molecule has 0 amide bonds. The molecule has 2 aromatic heterocycles. The molecule has 2 aromatic rings. The van der Waals surface area contributed by atoms with Gasteiger partial charge < -0.3 is 10.2 Å². The van der Waals surface area contributed by atoms with E-state index < -0.39 is 0 Å². The Kier molecular flexibility index (Phi) is 2.86. The van der Waals surface area contributed by atoms with Crippen molar-refractivity contribution >= 4 is 11.3 Å². The monoisotopic (exact) mass is 236 g/mol. The van der Waals surface area contributed by atoms with Crippen LogP contribution in [0.2, 0.25) is 0 Å². The Labute approximate surface area is 99.3 Å². The Balaban J connectivity index is 2.20. The fourth-order valence-electron chi connectivity index (χ4n) is 1.52. The summed E-state index contributed by atoms with van der Waals surface area (Å²) in [6.45, 7) is 5.94. The van der Waals surface area contributed by atoms with Gasteiger partial charge in [0.05, 0.1) is 5.69 Å². The van der Waals surface area contributed by atoms with E-state index in [-0.39, 0.29) is 5.54 Å². The number of furan rings is 1. The van der Waals surface area contributed by atoms with Gasteiger partial charge in [0.2, 0.25) is 0 Å². The summed E-state index contributed by atoms with van der Waals surface area (Å²) in [7, 11) is 0. The molecule has 0 saturated heterocycles. The highest BCUT2D eigenvalue weighted by Crippen LogP contribution is 2.26. The number of nitrogens with two attached hydrogens (primary N) is 1. The van der Waals surface area contributed by atoms with Crippen LogP contribution in [0, 0.1) is 6.92 Å². The molecule has 4 heteroatoms. The molecule has 0 fully saturated rings. The van der Waals surface area contributed by atoms with Gasteiger partial charge in [0.1, 0.15) is 5.76 Å². The Morgan fingerprint density at radius 2 is 2.19 bits per heavy atom. The standard InChI is InChI=1S/C12H16N2OS/c1-8-4-5-10(15-8)11-14-9(7-16-11)6-12(2,3)13/h4-5,7H,6,13H2,1-3H3. The highest BCUT2D eigenvalue weighted by Gasteiger charge is 2.15. The van der Waals surface area contributed by atoms with E-state index in [1.54, 1.807) is 11.3 Å². The Hall–Kier alpha value is -1.13. The second-order valence-corrected chi connectivity index (χ2v) is 5.58. The molecule has 2 N–H and O–H groups in total. The van der Waals surface area contributed by atoms with E-state index in [1.165, 1.54) is 0 Å². The molecule has 86 valence electrons. The first-order chi connectivity index (χ1) is 7.44. The lowest BCUT2D eigenvalue weighted by molar-refractivity contribution is 0.510. The summed E-state index contributed by atoms with van der Waals surface area (Å²) in [5, 5.41) is 2.97. The van der Waals surface area contributed by atoms with Crippen LogP contribution in [0.4, 0.5) is 0 Å². The summed E-state index contributed by atoms with van der Waals surface area (Å²) in [6.07, 6.45) is 0.781. The molecule has 0 bridgehead atoms. The smallest absolute Gasteiger partial charge is 0.162 e. The summed E-state index contributed by atoms with van der Waals surface area (Å²) in [5.41, 5.74) is 6.77. The number of rotatable bonds is 3. The third kappa shape index (κ3) is 2.71. The average molecular weight is 236 g/mol. The van der Waals surface area contributed by atoms with Gasteiger partial charge in [0.25, 0.3) is 0 Å². The summed E-state index contributed by atoms with van der Waals surface area (Å²) in [5.74, 6) is 1.74. The minimum absolute atomic E-state index is 0.218. The van der Waals surface area contributed by atoms with Crippen LogP contribution in [0.25, 0.3) is 10.8 Å². The first kappa shape index (κ1) is 11.4. The molecule has 2 heterocycles. The van der Waals surface area contributed by atoms with Crippen LogP contribution in [0.15, 0.2) is 21.9 Å². The van der Waals surface area contributed by atoms with E-state index >= 15 is 0 Å². The lowest BCUT2D eigenvalue weighted by atomic mass is 10.0. The highest BCUT2D eigenvalue weighted by atomic mass is 32.1. The molecule has 2 rings (SSSR count). The van der Waals surface area contributed by atoms with Crippen molar-refractivity contribution in [3.05, 3.63) is 29.0 Å². The molecule has 0 aliphatic rings. The molecule has 3 nitrogen and oxygen atoms in total. The SMILES string of the molecule is Cc1ccc(-c2nc(CC(C)(C)N)cs2)o1. The molecule has 0 unspecified atom stereocenters. The van der Waals surface area contributed by atoms with Crippen molar-refractivity contribution in [1.29, 1.82) is 0 Å². The van der Waals surface area contributed by atoms with Crippen LogP contribution >= 0.6 is 11.3 Å². The van der Waals surface area contributed by atoms with E-state index in [2.05, 4.69) is 4.98 Å². The van der Waals surface area contributed by atoms with E-state index in [0.29, 0.717) is 0 Å². The number of nitrogens with zero attached hydrogens (tertiary/aromatic N) is 1. The van der Waals surface area contributed by atoms with Gasteiger partial charge in [-0.15, -0.1) is 11.3 Å². The lowest BCUT2D eigenvalue weighted by Gasteiger charge is -2.15. The van der Waals surface area contributed by atoms with Crippen molar-refractivity contribution in [2.24, 2.45) is 5.73 Å². The zero-order chi connectivity index (χ0) is 11.8. The van der Waals surface area contributed by atoms with Crippen LogP contribution in [0.3, 0.4) is 0 Å². The normalized spacial score (nSPS) is 12.0. The molecule has 0 aliphatic heterocycles. The summed E-state index contributed by atoms with van der Waals surface area (Å²) in [6, 6.07) is 3.90. The molecular weight excluding hydrogens is 220 g/mol. The van der Waals surface area contributed by atoms with Gasteiger partial charge in [-0.25, -0.2) is 4.98 Å². The minimum atomic E-state index is -0.218. The van der Waals surface area contributed by atoms with Crippen LogP contribution in [-0.2, 0) is 6.42 Å². The predicted octanol–water partition coefficient (Wildman–Crippen LogP) is 2.99. The van der Waals surface area contributed by atoms with Crippen molar-refractivity contribution in [2.75, 3.05) is 0 Å². The van der Waals surface area contributed by atoms with Gasteiger partial charge in [0, 0.05) is 17.3 Å². The molecule has 0 saturated carbocycles. The average Bonchev–Trinajstić information content (AvgIpc) is 2.71. The molecular formula is C12H16N2OS. The Morgan fingerprint density at radius 3 is 2.75 bits per heavy atom. The number of hydrogen-bond acceptors (Lipinski definition) is 4. The fraction of sp³-hybridized carbons (Fsp3) is 0.417. The second-order valence-electron chi connectivity index (χ2n) is 4.72. The van der Waals surface area contributed by atoms with E-state index in [9.17, 15) is 0 Å². The largest absolute Gasteiger partial charge is 0.459 e. The zero-order valence-corrected chi connectivity index (χ0v) is 10.6. The number of aryl methyl sites for hydroxylation is 1. The van der Waals surface area contributed by atoms with Crippen LogP contribution in [0.1, 0.15) is 25.3 Å². The summed E-state index contributed by atoms with van der Waals surface area (Å²) in [4.78, 5) is 4.52. The third-order valence-electron chi connectivity index (χ3n) is 2.14. The molecule has 0 aromatic carbocycles.